The molecule has 132 valence electrons. The van der Waals surface area contributed by atoms with Gasteiger partial charge in [-0.2, -0.15) is 0 Å². The number of azide groups is 2. The molecule has 1 aliphatic heterocycles. The highest BCUT2D eigenvalue weighted by molar-refractivity contribution is 5.88. The summed E-state index contributed by atoms with van der Waals surface area (Å²) in [5, 5.41) is 6.89. The first-order valence-corrected chi connectivity index (χ1v) is 8.18. The standard InChI is InChI=1S/C14H24N8O2/c1-21(10-5-9-18-20-16)14(24)12-6-4-11-22(12)13(23)7-2-3-8-17-19-15/h12H,2-11H2,1H3. The normalized spacial score (nSPS) is 16.2. The van der Waals surface area contributed by atoms with E-state index in [-0.39, 0.29) is 17.9 Å². The van der Waals surface area contributed by atoms with E-state index in [1.165, 1.54) is 0 Å². The van der Waals surface area contributed by atoms with Crippen molar-refractivity contribution >= 4 is 11.8 Å². The molecular weight excluding hydrogens is 312 g/mol. The lowest BCUT2D eigenvalue weighted by molar-refractivity contribution is -0.143. The van der Waals surface area contributed by atoms with Crippen LogP contribution in [0.4, 0.5) is 0 Å². The molecular formula is C14H24N8O2. The van der Waals surface area contributed by atoms with Crippen LogP contribution in [-0.4, -0.2) is 60.9 Å². The summed E-state index contributed by atoms with van der Waals surface area (Å²) in [6.45, 7) is 1.85. The largest absolute Gasteiger partial charge is 0.344 e. The van der Waals surface area contributed by atoms with Gasteiger partial charge in [-0.3, -0.25) is 9.59 Å². The Balaban J connectivity index is 2.44. The van der Waals surface area contributed by atoms with Crippen LogP contribution in [-0.2, 0) is 9.59 Å². The fraction of sp³-hybridized carbons (Fsp3) is 0.857. The van der Waals surface area contributed by atoms with Gasteiger partial charge in [-0.15, -0.1) is 0 Å². The first-order chi connectivity index (χ1) is 11.6. The SMILES string of the molecule is CN(CCCN=[N+]=[N-])C(=O)C1CCCN1C(=O)CCCCN=[N+]=[N-]. The van der Waals surface area contributed by atoms with Gasteiger partial charge in [0.15, 0.2) is 0 Å². The molecule has 0 aliphatic carbocycles. The van der Waals surface area contributed by atoms with Crippen molar-refractivity contribution < 1.29 is 9.59 Å². The summed E-state index contributed by atoms with van der Waals surface area (Å²) in [6, 6.07) is -0.390. The smallest absolute Gasteiger partial charge is 0.245 e. The molecule has 0 aromatic rings. The third-order valence-corrected chi connectivity index (χ3v) is 4.01. The van der Waals surface area contributed by atoms with E-state index in [1.54, 1.807) is 16.8 Å². The molecule has 0 saturated carbocycles. The van der Waals surface area contributed by atoms with Crippen LogP contribution >= 0.6 is 0 Å². The molecule has 1 rings (SSSR count). The third kappa shape index (κ3) is 6.36. The van der Waals surface area contributed by atoms with Crippen LogP contribution in [0, 0.1) is 0 Å². The van der Waals surface area contributed by atoms with Crippen molar-refractivity contribution in [1.82, 2.24) is 9.80 Å². The van der Waals surface area contributed by atoms with Gasteiger partial charge in [-0.25, -0.2) is 0 Å². The fourth-order valence-corrected chi connectivity index (χ4v) is 2.76. The maximum atomic E-state index is 12.5. The van der Waals surface area contributed by atoms with Crippen molar-refractivity contribution in [1.29, 1.82) is 0 Å². The van der Waals surface area contributed by atoms with E-state index in [0.29, 0.717) is 58.3 Å². The average molecular weight is 336 g/mol. The Morgan fingerprint density at radius 1 is 1.17 bits per heavy atom. The Morgan fingerprint density at radius 3 is 2.50 bits per heavy atom. The van der Waals surface area contributed by atoms with Crippen molar-refractivity contribution in [2.45, 2.75) is 44.6 Å². The molecule has 1 unspecified atom stereocenters. The van der Waals surface area contributed by atoms with Crippen molar-refractivity contribution in [3.05, 3.63) is 20.9 Å². The van der Waals surface area contributed by atoms with E-state index in [2.05, 4.69) is 20.1 Å². The van der Waals surface area contributed by atoms with Gasteiger partial charge in [0.05, 0.1) is 0 Å². The van der Waals surface area contributed by atoms with Crippen LogP contribution in [0.1, 0.15) is 38.5 Å². The second kappa shape index (κ2) is 11.2. The summed E-state index contributed by atoms with van der Waals surface area (Å²) < 4.78 is 0. The van der Waals surface area contributed by atoms with E-state index in [9.17, 15) is 9.59 Å². The summed E-state index contributed by atoms with van der Waals surface area (Å²) in [4.78, 5) is 33.4. The van der Waals surface area contributed by atoms with Crippen LogP contribution in [0.25, 0.3) is 20.9 Å². The highest BCUT2D eigenvalue weighted by Gasteiger charge is 2.34. The minimum atomic E-state index is -0.390. The van der Waals surface area contributed by atoms with Gasteiger partial charge in [-0.1, -0.05) is 10.2 Å². The third-order valence-electron chi connectivity index (χ3n) is 4.01. The maximum Gasteiger partial charge on any atom is 0.245 e. The molecule has 0 aromatic heterocycles. The van der Waals surface area contributed by atoms with Crippen LogP contribution in [0.15, 0.2) is 10.2 Å². The first kappa shape index (κ1) is 19.6. The molecule has 2 amide bonds. The maximum absolute atomic E-state index is 12.5. The molecule has 0 radical (unpaired) electrons. The second-order valence-corrected chi connectivity index (χ2v) is 5.72. The summed E-state index contributed by atoms with van der Waals surface area (Å²) in [5.41, 5.74) is 16.4. The number of amides is 2. The number of nitrogens with zero attached hydrogens (tertiary/aromatic N) is 8. The van der Waals surface area contributed by atoms with Crippen molar-refractivity contribution in [2.24, 2.45) is 10.2 Å². The Kier molecular flexibility index (Phi) is 9.11. The van der Waals surface area contributed by atoms with Gasteiger partial charge >= 0.3 is 0 Å². The molecule has 0 aromatic carbocycles. The Morgan fingerprint density at radius 2 is 1.83 bits per heavy atom. The fourth-order valence-electron chi connectivity index (χ4n) is 2.76. The molecule has 1 fully saturated rings. The molecule has 1 aliphatic rings. The molecule has 0 N–H and O–H groups in total. The lowest BCUT2D eigenvalue weighted by Crippen LogP contribution is -2.46. The zero-order valence-electron chi connectivity index (χ0n) is 14.0. The van der Waals surface area contributed by atoms with Gasteiger partial charge in [0.2, 0.25) is 11.8 Å². The molecule has 0 bridgehead atoms. The van der Waals surface area contributed by atoms with E-state index in [1.807, 2.05) is 0 Å². The zero-order chi connectivity index (χ0) is 17.8. The number of carbonyl (C=O) groups excluding carboxylic acids is 2. The van der Waals surface area contributed by atoms with Crippen LogP contribution in [0.2, 0.25) is 0 Å². The quantitative estimate of drug-likeness (QED) is 0.262. The number of hydrogen-bond acceptors (Lipinski definition) is 4. The summed E-state index contributed by atoms with van der Waals surface area (Å²) in [6.07, 6.45) is 3.80. The number of likely N-dealkylation sites (N-methyl/N-ethyl adjacent to an activating group) is 1. The average Bonchev–Trinajstić information content (AvgIpc) is 3.07. The lowest BCUT2D eigenvalue weighted by atomic mass is 10.1. The van der Waals surface area contributed by atoms with Crippen molar-refractivity contribution in [2.75, 3.05) is 33.2 Å². The van der Waals surface area contributed by atoms with E-state index in [4.69, 9.17) is 11.1 Å². The van der Waals surface area contributed by atoms with Crippen LogP contribution in [0.3, 0.4) is 0 Å². The lowest BCUT2D eigenvalue weighted by Gasteiger charge is -2.28. The predicted molar refractivity (Wildman–Crippen MR) is 88.9 cm³/mol. The molecule has 10 nitrogen and oxygen atoms in total. The highest BCUT2D eigenvalue weighted by atomic mass is 16.2. The molecule has 1 saturated heterocycles. The molecule has 0 spiro atoms. The van der Waals surface area contributed by atoms with Crippen LogP contribution in [0.5, 0.6) is 0 Å². The molecule has 1 atom stereocenters. The zero-order valence-corrected chi connectivity index (χ0v) is 14.0. The molecule has 10 heteroatoms. The summed E-state index contributed by atoms with van der Waals surface area (Å²) >= 11 is 0. The van der Waals surface area contributed by atoms with E-state index >= 15 is 0 Å². The van der Waals surface area contributed by atoms with E-state index < -0.39 is 0 Å². The molecule has 24 heavy (non-hydrogen) atoms. The summed E-state index contributed by atoms with van der Waals surface area (Å²) in [7, 11) is 1.71. The van der Waals surface area contributed by atoms with Crippen molar-refractivity contribution in [3.63, 3.8) is 0 Å². The Labute approximate surface area is 141 Å². The molecule has 1 heterocycles. The monoisotopic (exact) mass is 336 g/mol. The Hall–Kier alpha value is -2.44. The number of likely N-dealkylation sites (tertiary alicyclic amines) is 1. The van der Waals surface area contributed by atoms with E-state index in [0.717, 1.165) is 6.42 Å². The van der Waals surface area contributed by atoms with Gasteiger partial charge in [0.1, 0.15) is 6.04 Å². The van der Waals surface area contributed by atoms with Gasteiger partial charge in [-0.05, 0) is 43.2 Å². The summed E-state index contributed by atoms with van der Waals surface area (Å²) in [5.74, 6) is -0.0786. The number of carbonyl (C=O) groups is 2. The van der Waals surface area contributed by atoms with Gasteiger partial charge < -0.3 is 9.80 Å². The van der Waals surface area contributed by atoms with Gasteiger partial charge in [0.25, 0.3) is 0 Å². The minimum Gasteiger partial charge on any atom is -0.344 e. The number of hydrogen-bond donors (Lipinski definition) is 0. The topological polar surface area (TPSA) is 138 Å². The Bertz CT molecular complexity index is 525. The number of rotatable bonds is 10. The van der Waals surface area contributed by atoms with Gasteiger partial charge in [0, 0.05) is 49.5 Å². The highest BCUT2D eigenvalue weighted by Crippen LogP contribution is 2.21. The van der Waals surface area contributed by atoms with Crippen LogP contribution < -0.4 is 0 Å². The second-order valence-electron chi connectivity index (χ2n) is 5.72. The minimum absolute atomic E-state index is 0.0192. The number of unbranched alkanes of at least 4 members (excludes halogenated alkanes) is 1. The predicted octanol–water partition coefficient (Wildman–Crippen LogP) is 2.62. The first-order valence-electron chi connectivity index (χ1n) is 8.18. The van der Waals surface area contributed by atoms with Crippen molar-refractivity contribution in [3.8, 4) is 0 Å².